The molecule has 1 nitrogen and oxygen atoms in total. The van der Waals surface area contributed by atoms with Crippen LogP contribution in [0.4, 0.5) is 0 Å². The molecule has 1 aromatic rings. The Morgan fingerprint density at radius 3 is 2.55 bits per heavy atom. The lowest BCUT2D eigenvalue weighted by Crippen LogP contribution is -2.38. The van der Waals surface area contributed by atoms with Crippen LogP contribution in [0.1, 0.15) is 52.5 Å². The minimum absolute atomic E-state index is 0.462. The van der Waals surface area contributed by atoms with E-state index in [1.165, 1.54) is 30.6 Å². The van der Waals surface area contributed by atoms with E-state index in [0.717, 1.165) is 11.8 Å². The fraction of sp³-hybridized carbons (Fsp3) is 0.667. The fourth-order valence-corrected chi connectivity index (χ4v) is 4.65. The highest BCUT2D eigenvalue weighted by Crippen LogP contribution is 2.44. The lowest BCUT2D eigenvalue weighted by molar-refractivity contribution is 0.220. The molecule has 1 atom stereocenters. The average molecular weight is 292 g/mol. The van der Waals surface area contributed by atoms with Crippen LogP contribution in [0.2, 0.25) is 0 Å². The normalized spacial score (nSPS) is 18.6. The van der Waals surface area contributed by atoms with E-state index in [9.17, 15) is 0 Å². The lowest BCUT2D eigenvalue weighted by Gasteiger charge is -2.35. The molecule has 1 aliphatic heterocycles. The van der Waals surface area contributed by atoms with Gasteiger partial charge in [-0.05, 0) is 42.7 Å². The van der Waals surface area contributed by atoms with Crippen molar-refractivity contribution in [3.63, 3.8) is 0 Å². The van der Waals surface area contributed by atoms with Gasteiger partial charge in [-0.3, -0.25) is 0 Å². The van der Waals surface area contributed by atoms with E-state index < -0.39 is 0 Å². The maximum atomic E-state index is 3.67. The first-order chi connectivity index (χ1) is 9.58. The molecule has 1 unspecified atom stereocenters. The van der Waals surface area contributed by atoms with E-state index in [2.05, 4.69) is 69.0 Å². The summed E-state index contributed by atoms with van der Waals surface area (Å²) < 4.78 is 0. The van der Waals surface area contributed by atoms with Crippen molar-refractivity contribution >= 4 is 11.8 Å². The zero-order chi connectivity index (χ0) is 14.6. The molecular formula is C18H29NS. The highest BCUT2D eigenvalue weighted by molar-refractivity contribution is 8.00. The van der Waals surface area contributed by atoms with Crippen LogP contribution >= 0.6 is 11.8 Å². The van der Waals surface area contributed by atoms with Gasteiger partial charge in [0.25, 0.3) is 0 Å². The molecule has 2 heteroatoms. The van der Waals surface area contributed by atoms with Gasteiger partial charge >= 0.3 is 0 Å². The highest BCUT2D eigenvalue weighted by atomic mass is 32.2. The van der Waals surface area contributed by atoms with Gasteiger partial charge in [-0.2, -0.15) is 0 Å². The third kappa shape index (κ3) is 3.79. The van der Waals surface area contributed by atoms with Gasteiger partial charge in [-0.15, -0.1) is 11.8 Å². The predicted octanol–water partition coefficient (Wildman–Crippen LogP) is 4.90. The van der Waals surface area contributed by atoms with Crippen molar-refractivity contribution in [1.29, 1.82) is 0 Å². The number of rotatable bonds is 7. The molecule has 112 valence electrons. The van der Waals surface area contributed by atoms with Gasteiger partial charge in [0.05, 0.1) is 0 Å². The van der Waals surface area contributed by atoms with Crippen molar-refractivity contribution < 1.29 is 0 Å². The third-order valence-electron chi connectivity index (χ3n) is 4.76. The van der Waals surface area contributed by atoms with E-state index in [-0.39, 0.29) is 0 Å². The topological polar surface area (TPSA) is 12.0 Å². The summed E-state index contributed by atoms with van der Waals surface area (Å²) in [5, 5.41) is 4.44. The summed E-state index contributed by atoms with van der Waals surface area (Å²) in [6.07, 6.45) is 5.14. The van der Waals surface area contributed by atoms with Crippen molar-refractivity contribution in [2.24, 2.45) is 5.41 Å². The Labute approximate surface area is 128 Å². The molecule has 0 saturated carbocycles. The Morgan fingerprint density at radius 1 is 1.25 bits per heavy atom. The Balaban J connectivity index is 1.99. The second kappa shape index (κ2) is 7.00. The number of thioether (sulfide) groups is 1. The number of nitrogens with one attached hydrogen (secondary N) is 1. The lowest BCUT2D eigenvalue weighted by atomic mass is 9.77. The zero-order valence-electron chi connectivity index (χ0n) is 13.4. The Kier molecular flexibility index (Phi) is 5.57. The molecule has 2 rings (SSSR count). The Morgan fingerprint density at radius 2 is 1.95 bits per heavy atom. The second-order valence-electron chi connectivity index (χ2n) is 6.50. The van der Waals surface area contributed by atoms with Crippen LogP contribution in [0.25, 0.3) is 0 Å². The number of hydrogen-bond donors (Lipinski definition) is 1. The van der Waals surface area contributed by atoms with Crippen LogP contribution in [-0.2, 0) is 6.42 Å². The summed E-state index contributed by atoms with van der Waals surface area (Å²) in [6.45, 7) is 10.4. The van der Waals surface area contributed by atoms with Gasteiger partial charge in [-0.1, -0.05) is 45.9 Å². The van der Waals surface area contributed by atoms with Crippen LogP contribution in [0.5, 0.6) is 0 Å². The second-order valence-corrected chi connectivity index (χ2v) is 7.84. The number of fused-ring (bicyclic) bond motifs is 1. The molecule has 0 amide bonds. The van der Waals surface area contributed by atoms with Crippen molar-refractivity contribution in [2.45, 2.75) is 69.6 Å². The van der Waals surface area contributed by atoms with Crippen LogP contribution in [-0.4, -0.2) is 17.8 Å². The molecule has 0 spiro atoms. The fourth-order valence-electron chi connectivity index (χ4n) is 3.13. The van der Waals surface area contributed by atoms with Crippen molar-refractivity contribution in [3.8, 4) is 0 Å². The van der Waals surface area contributed by atoms with Crippen LogP contribution in [0.3, 0.4) is 0 Å². The SMILES string of the molecule is CCC(CC)(CNC(C)C)CC1Cc2ccccc2S1. The first-order valence-electron chi connectivity index (χ1n) is 8.06. The van der Waals surface area contributed by atoms with Crippen LogP contribution < -0.4 is 5.32 Å². The Bertz CT molecular complexity index is 398. The summed E-state index contributed by atoms with van der Waals surface area (Å²) in [7, 11) is 0. The summed E-state index contributed by atoms with van der Waals surface area (Å²) in [5.74, 6) is 0. The minimum Gasteiger partial charge on any atom is -0.314 e. The van der Waals surface area contributed by atoms with Gasteiger partial charge in [-0.25, -0.2) is 0 Å². The highest BCUT2D eigenvalue weighted by Gasteiger charge is 2.33. The molecule has 1 aliphatic rings. The number of benzene rings is 1. The predicted molar refractivity (Wildman–Crippen MR) is 90.6 cm³/mol. The molecule has 0 fully saturated rings. The molecule has 0 saturated heterocycles. The van der Waals surface area contributed by atoms with Crippen LogP contribution in [0.15, 0.2) is 29.2 Å². The molecular weight excluding hydrogens is 262 g/mol. The van der Waals surface area contributed by atoms with Gasteiger partial charge in [0.2, 0.25) is 0 Å². The van der Waals surface area contributed by atoms with Crippen molar-refractivity contribution in [3.05, 3.63) is 29.8 Å². The first-order valence-corrected chi connectivity index (χ1v) is 8.94. The molecule has 0 aliphatic carbocycles. The smallest absolute Gasteiger partial charge is 0.0141 e. The van der Waals surface area contributed by atoms with Gasteiger partial charge in [0.15, 0.2) is 0 Å². The standard InChI is InChI=1S/C18H29NS/c1-5-18(6-2,13-19-14(3)4)12-16-11-15-9-7-8-10-17(15)20-16/h7-10,14,16,19H,5-6,11-13H2,1-4H3. The van der Waals surface area contributed by atoms with E-state index in [0.29, 0.717) is 11.5 Å². The summed E-state index contributed by atoms with van der Waals surface area (Å²) in [6, 6.07) is 9.51. The first kappa shape index (κ1) is 15.9. The quantitative estimate of drug-likeness (QED) is 0.767. The van der Waals surface area contributed by atoms with Crippen molar-refractivity contribution in [1.82, 2.24) is 5.32 Å². The monoisotopic (exact) mass is 291 g/mol. The number of hydrogen-bond acceptors (Lipinski definition) is 2. The minimum atomic E-state index is 0.462. The van der Waals surface area contributed by atoms with Gasteiger partial charge in [0, 0.05) is 22.7 Å². The van der Waals surface area contributed by atoms with Crippen LogP contribution in [0, 0.1) is 5.41 Å². The zero-order valence-corrected chi connectivity index (χ0v) is 14.2. The molecule has 0 bridgehead atoms. The van der Waals surface area contributed by atoms with Gasteiger partial charge in [0.1, 0.15) is 0 Å². The summed E-state index contributed by atoms with van der Waals surface area (Å²) in [5.41, 5.74) is 2.02. The largest absolute Gasteiger partial charge is 0.314 e. The summed E-state index contributed by atoms with van der Waals surface area (Å²) >= 11 is 2.10. The summed E-state index contributed by atoms with van der Waals surface area (Å²) in [4.78, 5) is 1.51. The molecule has 1 aromatic carbocycles. The maximum absolute atomic E-state index is 3.67. The maximum Gasteiger partial charge on any atom is 0.0141 e. The van der Waals surface area contributed by atoms with E-state index in [1.54, 1.807) is 5.56 Å². The molecule has 1 N–H and O–H groups in total. The van der Waals surface area contributed by atoms with E-state index in [4.69, 9.17) is 0 Å². The molecule has 0 radical (unpaired) electrons. The third-order valence-corrected chi connectivity index (χ3v) is 6.08. The molecule has 0 aromatic heterocycles. The van der Waals surface area contributed by atoms with E-state index >= 15 is 0 Å². The van der Waals surface area contributed by atoms with Crippen molar-refractivity contribution in [2.75, 3.05) is 6.54 Å². The molecule has 20 heavy (non-hydrogen) atoms. The Hall–Kier alpha value is -0.470. The average Bonchev–Trinajstić information content (AvgIpc) is 2.85. The van der Waals surface area contributed by atoms with E-state index in [1.807, 2.05) is 0 Å². The molecule has 1 heterocycles. The van der Waals surface area contributed by atoms with Gasteiger partial charge < -0.3 is 5.32 Å².